The molecule has 0 aliphatic carbocycles. The molecule has 12 heteroatoms. The molecule has 0 saturated carbocycles. The Hall–Kier alpha value is -2.79. The molecule has 0 aromatic carbocycles. The third kappa shape index (κ3) is 7.56. The number of carbonyl (C=O) groups excluding carboxylic acids is 1. The van der Waals surface area contributed by atoms with E-state index in [4.69, 9.17) is 4.74 Å². The fraction of sp³-hybridized carbons (Fsp3) is 0.667. The summed E-state index contributed by atoms with van der Waals surface area (Å²) in [6.45, 7) is 7.38. The molecule has 1 saturated heterocycles. The maximum Gasteiger partial charge on any atom is 0.433 e. The van der Waals surface area contributed by atoms with E-state index in [0.29, 0.717) is 32.1 Å². The van der Waals surface area contributed by atoms with Gasteiger partial charge in [0.25, 0.3) is 0 Å². The number of alkyl halides is 3. The molecular formula is C18H28F3N7O2. The highest BCUT2D eigenvalue weighted by atomic mass is 19.4. The second-order valence-electron chi connectivity index (χ2n) is 7.74. The average Bonchev–Trinajstić information content (AvgIpc) is 3.07. The quantitative estimate of drug-likeness (QED) is 0.373. The number of aliphatic imine (C=N–C) groups is 1. The number of likely N-dealkylation sites (tertiary alicyclic amines) is 1. The van der Waals surface area contributed by atoms with Crippen LogP contribution in [0.15, 0.2) is 17.3 Å². The summed E-state index contributed by atoms with van der Waals surface area (Å²) in [7, 11) is 1.64. The smallest absolute Gasteiger partial charge is 0.433 e. The summed E-state index contributed by atoms with van der Waals surface area (Å²) in [4.78, 5) is 25.3. The van der Waals surface area contributed by atoms with Crippen molar-refractivity contribution in [3.63, 3.8) is 0 Å². The number of nitrogens with zero attached hydrogens (tertiary/aromatic N) is 4. The monoisotopic (exact) mass is 431 g/mol. The molecule has 1 aromatic rings. The molecular weight excluding hydrogens is 403 g/mol. The van der Waals surface area contributed by atoms with E-state index in [-0.39, 0.29) is 12.0 Å². The molecule has 0 bridgehead atoms. The van der Waals surface area contributed by atoms with Crippen molar-refractivity contribution < 1.29 is 22.7 Å². The molecule has 3 N–H and O–H groups in total. The largest absolute Gasteiger partial charge is 0.444 e. The van der Waals surface area contributed by atoms with Gasteiger partial charge in [-0.25, -0.2) is 14.8 Å². The third-order valence-corrected chi connectivity index (χ3v) is 4.06. The molecule has 1 fully saturated rings. The van der Waals surface area contributed by atoms with Crippen molar-refractivity contribution in [2.45, 2.75) is 45.0 Å². The number of ether oxygens (including phenoxy) is 1. The van der Waals surface area contributed by atoms with Crippen molar-refractivity contribution in [1.82, 2.24) is 25.5 Å². The minimum absolute atomic E-state index is 0.0602. The zero-order chi connectivity index (χ0) is 22.4. The number of aromatic nitrogens is 2. The number of nitrogens with one attached hydrogen (secondary N) is 3. The lowest BCUT2D eigenvalue weighted by Crippen LogP contribution is -2.45. The standard InChI is InChI=1S/C18H28F3N7O2/c1-17(2,3)30-16(29)26-12-6-10-28(11-12)15(22-4)25-9-8-24-14-23-7-5-13(27-14)18(19,20)21/h5,7,12H,6,8-11H2,1-4H3,(H,22,25)(H,26,29)(H,23,24,27). The maximum absolute atomic E-state index is 12.7. The molecule has 0 radical (unpaired) electrons. The molecule has 1 aliphatic rings. The Morgan fingerprint density at radius 3 is 2.70 bits per heavy atom. The van der Waals surface area contributed by atoms with E-state index in [9.17, 15) is 18.0 Å². The van der Waals surface area contributed by atoms with Crippen LogP contribution in [0.4, 0.5) is 23.9 Å². The van der Waals surface area contributed by atoms with Crippen molar-refractivity contribution in [3.8, 4) is 0 Å². The summed E-state index contributed by atoms with van der Waals surface area (Å²) in [6, 6.07) is 0.760. The van der Waals surface area contributed by atoms with Crippen LogP contribution in [0.1, 0.15) is 32.9 Å². The lowest BCUT2D eigenvalue weighted by Gasteiger charge is -2.23. The van der Waals surface area contributed by atoms with Gasteiger partial charge in [-0.3, -0.25) is 4.99 Å². The van der Waals surface area contributed by atoms with Gasteiger partial charge in [0.1, 0.15) is 11.3 Å². The van der Waals surface area contributed by atoms with Crippen molar-refractivity contribution in [3.05, 3.63) is 18.0 Å². The van der Waals surface area contributed by atoms with Gasteiger partial charge in [0.2, 0.25) is 5.95 Å². The van der Waals surface area contributed by atoms with E-state index in [1.165, 1.54) is 0 Å². The number of anilines is 1. The van der Waals surface area contributed by atoms with Gasteiger partial charge in [-0.1, -0.05) is 0 Å². The van der Waals surface area contributed by atoms with E-state index < -0.39 is 23.6 Å². The van der Waals surface area contributed by atoms with E-state index in [0.717, 1.165) is 18.7 Å². The van der Waals surface area contributed by atoms with Crippen molar-refractivity contribution >= 4 is 18.0 Å². The minimum atomic E-state index is -4.51. The van der Waals surface area contributed by atoms with Gasteiger partial charge >= 0.3 is 12.3 Å². The number of hydrogen-bond acceptors (Lipinski definition) is 6. The van der Waals surface area contributed by atoms with E-state index in [1.807, 2.05) is 4.90 Å². The molecule has 9 nitrogen and oxygen atoms in total. The highest BCUT2D eigenvalue weighted by molar-refractivity contribution is 5.80. The molecule has 1 atom stereocenters. The number of carbonyl (C=O) groups is 1. The van der Waals surface area contributed by atoms with Crippen LogP contribution in [0, 0.1) is 0 Å². The fourth-order valence-electron chi connectivity index (χ4n) is 2.83. The van der Waals surface area contributed by atoms with Gasteiger partial charge in [-0.15, -0.1) is 0 Å². The second kappa shape index (κ2) is 9.81. The van der Waals surface area contributed by atoms with Crippen LogP contribution in [-0.4, -0.2) is 71.8 Å². The zero-order valence-electron chi connectivity index (χ0n) is 17.5. The highest BCUT2D eigenvalue weighted by Crippen LogP contribution is 2.27. The lowest BCUT2D eigenvalue weighted by atomic mass is 10.2. The van der Waals surface area contributed by atoms with Gasteiger partial charge in [-0.05, 0) is 33.3 Å². The van der Waals surface area contributed by atoms with Crippen LogP contribution in [0.3, 0.4) is 0 Å². The molecule has 1 aromatic heterocycles. The Balaban J connectivity index is 1.76. The summed E-state index contributed by atoms with van der Waals surface area (Å²) in [5, 5.41) is 8.73. The highest BCUT2D eigenvalue weighted by Gasteiger charge is 2.32. The Labute approximate surface area is 173 Å². The van der Waals surface area contributed by atoms with Crippen LogP contribution in [0.2, 0.25) is 0 Å². The van der Waals surface area contributed by atoms with Crippen LogP contribution < -0.4 is 16.0 Å². The van der Waals surface area contributed by atoms with Crippen LogP contribution >= 0.6 is 0 Å². The molecule has 1 amide bonds. The summed E-state index contributed by atoms with van der Waals surface area (Å²) < 4.78 is 43.3. The summed E-state index contributed by atoms with van der Waals surface area (Å²) >= 11 is 0. The summed E-state index contributed by atoms with van der Waals surface area (Å²) in [5.41, 5.74) is -1.56. The van der Waals surface area contributed by atoms with Crippen LogP contribution in [0.25, 0.3) is 0 Å². The molecule has 1 unspecified atom stereocenters. The lowest BCUT2D eigenvalue weighted by molar-refractivity contribution is -0.141. The number of halogens is 3. The van der Waals surface area contributed by atoms with Crippen LogP contribution in [0.5, 0.6) is 0 Å². The Morgan fingerprint density at radius 1 is 1.33 bits per heavy atom. The summed E-state index contributed by atoms with van der Waals surface area (Å²) in [5.74, 6) is 0.541. The normalized spacial score (nSPS) is 17.6. The van der Waals surface area contributed by atoms with E-state index in [1.54, 1.807) is 27.8 Å². The van der Waals surface area contributed by atoms with Gasteiger partial charge in [0, 0.05) is 39.4 Å². The Bertz CT molecular complexity index is 750. The predicted molar refractivity (Wildman–Crippen MR) is 106 cm³/mol. The first kappa shape index (κ1) is 23.5. The van der Waals surface area contributed by atoms with Crippen molar-refractivity contribution in [2.24, 2.45) is 4.99 Å². The first-order valence-corrected chi connectivity index (χ1v) is 9.57. The van der Waals surface area contributed by atoms with Crippen LogP contribution in [-0.2, 0) is 10.9 Å². The van der Waals surface area contributed by atoms with Gasteiger partial charge in [0.15, 0.2) is 5.96 Å². The number of rotatable bonds is 5. The molecule has 1 aliphatic heterocycles. The average molecular weight is 431 g/mol. The first-order valence-electron chi connectivity index (χ1n) is 9.57. The maximum atomic E-state index is 12.7. The molecule has 30 heavy (non-hydrogen) atoms. The third-order valence-electron chi connectivity index (χ3n) is 4.06. The fourth-order valence-corrected chi connectivity index (χ4v) is 2.83. The van der Waals surface area contributed by atoms with Crippen molar-refractivity contribution in [2.75, 3.05) is 38.5 Å². The molecule has 2 rings (SSSR count). The molecule has 2 heterocycles. The minimum Gasteiger partial charge on any atom is -0.444 e. The first-order chi connectivity index (χ1) is 14.0. The summed E-state index contributed by atoms with van der Waals surface area (Å²) in [6.07, 6.45) is -3.16. The Kier molecular flexibility index (Phi) is 7.68. The Morgan fingerprint density at radius 2 is 2.07 bits per heavy atom. The number of amides is 1. The number of hydrogen-bond donors (Lipinski definition) is 3. The SMILES string of the molecule is CN=C(NCCNc1nccc(C(F)(F)F)n1)N1CCC(NC(=O)OC(C)(C)C)C1. The topological polar surface area (TPSA) is 104 Å². The van der Waals surface area contributed by atoms with Gasteiger partial charge < -0.3 is 25.6 Å². The van der Waals surface area contributed by atoms with Crippen molar-refractivity contribution in [1.29, 1.82) is 0 Å². The van der Waals surface area contributed by atoms with E-state index in [2.05, 4.69) is 30.9 Å². The zero-order valence-corrected chi connectivity index (χ0v) is 17.5. The predicted octanol–water partition coefficient (Wildman–Crippen LogP) is 2.08. The second-order valence-corrected chi connectivity index (χ2v) is 7.74. The van der Waals surface area contributed by atoms with E-state index >= 15 is 0 Å². The van der Waals surface area contributed by atoms with Gasteiger partial charge in [0.05, 0.1) is 6.04 Å². The number of alkyl carbamates (subject to hydrolysis) is 1. The molecule has 0 spiro atoms. The number of guanidine groups is 1. The molecule has 168 valence electrons. The van der Waals surface area contributed by atoms with Gasteiger partial charge in [-0.2, -0.15) is 13.2 Å².